The van der Waals surface area contributed by atoms with E-state index in [1.807, 2.05) is 35.2 Å². The molecule has 1 amide bonds. The Labute approximate surface area is 201 Å². The first kappa shape index (κ1) is 22.2. The molecule has 1 aromatic heterocycles. The fourth-order valence-electron chi connectivity index (χ4n) is 5.22. The van der Waals surface area contributed by atoms with E-state index in [1.165, 1.54) is 11.1 Å². The average Bonchev–Trinajstić information content (AvgIpc) is 3.35. The summed E-state index contributed by atoms with van der Waals surface area (Å²) in [6, 6.07) is 20.6. The fourth-order valence-corrected chi connectivity index (χ4v) is 5.22. The molecule has 1 saturated heterocycles. The molecule has 1 aliphatic heterocycles. The van der Waals surface area contributed by atoms with Gasteiger partial charge in [-0.1, -0.05) is 47.5 Å². The number of rotatable bonds is 6. The van der Waals surface area contributed by atoms with Gasteiger partial charge in [0, 0.05) is 24.6 Å². The van der Waals surface area contributed by atoms with Crippen molar-refractivity contribution in [3.8, 4) is 5.75 Å². The lowest BCUT2D eigenvalue weighted by molar-refractivity contribution is -0.117. The van der Waals surface area contributed by atoms with Gasteiger partial charge in [0.05, 0.1) is 17.6 Å². The van der Waals surface area contributed by atoms with Crippen molar-refractivity contribution in [3.63, 3.8) is 0 Å². The van der Waals surface area contributed by atoms with Crippen LogP contribution in [-0.2, 0) is 11.3 Å². The van der Waals surface area contributed by atoms with Crippen molar-refractivity contribution >= 4 is 22.6 Å². The number of aromatic nitrogens is 2. The highest BCUT2D eigenvalue weighted by atomic mass is 16.5. The first-order valence-electron chi connectivity index (χ1n) is 11.9. The zero-order chi connectivity index (χ0) is 23.8. The van der Waals surface area contributed by atoms with Gasteiger partial charge in [0.15, 0.2) is 0 Å². The van der Waals surface area contributed by atoms with Crippen LogP contribution in [-0.4, -0.2) is 28.6 Å². The van der Waals surface area contributed by atoms with Crippen LogP contribution in [0.2, 0.25) is 0 Å². The van der Waals surface area contributed by atoms with E-state index in [2.05, 4.69) is 62.6 Å². The van der Waals surface area contributed by atoms with E-state index in [4.69, 9.17) is 9.72 Å². The number of carbonyl (C=O) groups excluding carboxylic acids is 1. The maximum atomic E-state index is 13.2. The van der Waals surface area contributed by atoms with Crippen molar-refractivity contribution in [1.82, 2.24) is 9.55 Å². The lowest BCUT2D eigenvalue weighted by Gasteiger charge is -2.22. The maximum Gasteiger partial charge on any atom is 0.227 e. The summed E-state index contributed by atoms with van der Waals surface area (Å²) in [5, 5.41) is 0. The first-order chi connectivity index (χ1) is 16.4. The molecule has 0 radical (unpaired) electrons. The number of aryl methyl sites for hydroxylation is 4. The third kappa shape index (κ3) is 4.18. The lowest BCUT2D eigenvalue weighted by atomic mass is 10.0. The summed E-state index contributed by atoms with van der Waals surface area (Å²) in [7, 11) is 0. The second kappa shape index (κ2) is 8.98. The predicted molar refractivity (Wildman–Crippen MR) is 137 cm³/mol. The minimum Gasteiger partial charge on any atom is -0.492 e. The smallest absolute Gasteiger partial charge is 0.227 e. The van der Waals surface area contributed by atoms with Crippen molar-refractivity contribution in [1.29, 1.82) is 0 Å². The summed E-state index contributed by atoms with van der Waals surface area (Å²) in [5.74, 6) is 2.03. The van der Waals surface area contributed by atoms with Crippen LogP contribution in [0.25, 0.3) is 11.0 Å². The zero-order valence-electron chi connectivity index (χ0n) is 20.3. The molecule has 1 atom stereocenters. The number of hydrogen-bond donors (Lipinski definition) is 0. The average molecular weight is 454 g/mol. The number of para-hydroxylation sites is 2. The minimum absolute atomic E-state index is 0.0411. The number of carbonyl (C=O) groups is 1. The van der Waals surface area contributed by atoms with Gasteiger partial charge < -0.3 is 14.2 Å². The van der Waals surface area contributed by atoms with Crippen LogP contribution >= 0.6 is 0 Å². The summed E-state index contributed by atoms with van der Waals surface area (Å²) in [6.45, 7) is 10.2. The van der Waals surface area contributed by atoms with E-state index in [0.717, 1.165) is 39.4 Å². The molecule has 5 nitrogen and oxygen atoms in total. The van der Waals surface area contributed by atoms with Crippen LogP contribution in [0.15, 0.2) is 60.7 Å². The Morgan fingerprint density at radius 3 is 2.38 bits per heavy atom. The molecule has 4 aromatic rings. The molecule has 174 valence electrons. The van der Waals surface area contributed by atoms with Gasteiger partial charge in [-0.3, -0.25) is 4.79 Å². The molecule has 3 aromatic carbocycles. The number of hydrogen-bond acceptors (Lipinski definition) is 3. The van der Waals surface area contributed by atoms with Crippen molar-refractivity contribution in [3.05, 3.63) is 88.7 Å². The zero-order valence-corrected chi connectivity index (χ0v) is 20.3. The quantitative estimate of drug-likeness (QED) is 0.367. The van der Waals surface area contributed by atoms with Crippen LogP contribution in [0.4, 0.5) is 5.69 Å². The first-order valence-corrected chi connectivity index (χ1v) is 11.9. The number of fused-ring (bicyclic) bond motifs is 1. The summed E-state index contributed by atoms with van der Waals surface area (Å²) < 4.78 is 8.27. The third-order valence-electron chi connectivity index (χ3n) is 6.68. The Morgan fingerprint density at radius 2 is 1.65 bits per heavy atom. The van der Waals surface area contributed by atoms with Crippen molar-refractivity contribution in [2.24, 2.45) is 0 Å². The molecule has 5 rings (SSSR count). The highest BCUT2D eigenvalue weighted by Crippen LogP contribution is 2.36. The molecule has 0 aliphatic carbocycles. The molecule has 0 saturated carbocycles. The normalized spacial score (nSPS) is 15.9. The van der Waals surface area contributed by atoms with Crippen molar-refractivity contribution in [2.75, 3.05) is 18.1 Å². The summed E-state index contributed by atoms with van der Waals surface area (Å²) in [4.78, 5) is 20.1. The van der Waals surface area contributed by atoms with Crippen molar-refractivity contribution < 1.29 is 9.53 Å². The summed E-state index contributed by atoms with van der Waals surface area (Å²) in [6.07, 6.45) is 0.467. The van der Waals surface area contributed by atoms with Crippen LogP contribution in [0.5, 0.6) is 5.75 Å². The molecule has 1 aliphatic rings. The van der Waals surface area contributed by atoms with E-state index in [1.54, 1.807) is 0 Å². The highest BCUT2D eigenvalue weighted by Gasteiger charge is 2.36. The van der Waals surface area contributed by atoms with Gasteiger partial charge in [0.2, 0.25) is 5.91 Å². The largest absolute Gasteiger partial charge is 0.492 e. The molecule has 0 N–H and O–H groups in total. The number of imidazole rings is 1. The van der Waals surface area contributed by atoms with Gasteiger partial charge in [0.1, 0.15) is 18.2 Å². The molecule has 0 spiro atoms. The van der Waals surface area contributed by atoms with Gasteiger partial charge >= 0.3 is 0 Å². The van der Waals surface area contributed by atoms with Gasteiger partial charge in [-0.25, -0.2) is 4.98 Å². The lowest BCUT2D eigenvalue weighted by Crippen LogP contribution is -2.26. The third-order valence-corrected chi connectivity index (χ3v) is 6.68. The predicted octanol–water partition coefficient (Wildman–Crippen LogP) is 5.87. The van der Waals surface area contributed by atoms with Gasteiger partial charge in [-0.05, 0) is 63.1 Å². The van der Waals surface area contributed by atoms with E-state index in [-0.39, 0.29) is 11.8 Å². The number of anilines is 1. The summed E-state index contributed by atoms with van der Waals surface area (Å²) in [5.41, 5.74) is 7.81. The Morgan fingerprint density at radius 1 is 0.941 bits per heavy atom. The second-order valence-electron chi connectivity index (χ2n) is 9.42. The van der Waals surface area contributed by atoms with Crippen LogP contribution in [0, 0.1) is 27.7 Å². The number of nitrogens with zero attached hydrogens (tertiary/aromatic N) is 3. The topological polar surface area (TPSA) is 47.4 Å². The van der Waals surface area contributed by atoms with E-state index >= 15 is 0 Å². The molecule has 1 unspecified atom stereocenters. The summed E-state index contributed by atoms with van der Waals surface area (Å²) >= 11 is 0. The van der Waals surface area contributed by atoms with Crippen LogP contribution < -0.4 is 9.64 Å². The SMILES string of the molecule is Cc1ccc(OCCn2c(C3CC(=O)N(c4c(C)cc(C)cc4C)C3)nc3ccccc32)cc1. The molecule has 1 fully saturated rings. The molecule has 2 heterocycles. The monoisotopic (exact) mass is 453 g/mol. The number of amides is 1. The van der Waals surface area contributed by atoms with Gasteiger partial charge in [0.25, 0.3) is 0 Å². The standard InChI is InChI=1S/C29H31N3O2/c1-19-9-11-24(12-10-19)34-14-13-31-26-8-6-5-7-25(26)30-29(31)23-17-27(33)32(18-23)28-21(3)15-20(2)16-22(28)4/h5-12,15-16,23H,13-14,17-18H2,1-4H3. The number of ether oxygens (including phenoxy) is 1. The Hall–Kier alpha value is -3.60. The van der Waals surface area contributed by atoms with E-state index < -0.39 is 0 Å². The molecule has 34 heavy (non-hydrogen) atoms. The Bertz CT molecular complexity index is 1330. The highest BCUT2D eigenvalue weighted by molar-refractivity contribution is 5.98. The van der Waals surface area contributed by atoms with E-state index in [0.29, 0.717) is 26.1 Å². The molecule has 0 bridgehead atoms. The van der Waals surface area contributed by atoms with Crippen molar-refractivity contribution in [2.45, 2.75) is 46.6 Å². The molecule has 5 heteroatoms. The molecular formula is C29H31N3O2. The fraction of sp³-hybridized carbons (Fsp3) is 0.310. The van der Waals surface area contributed by atoms with Gasteiger partial charge in [-0.15, -0.1) is 0 Å². The Kier molecular flexibility index (Phi) is 5.86. The minimum atomic E-state index is 0.0411. The van der Waals surface area contributed by atoms with Crippen LogP contribution in [0.1, 0.15) is 40.4 Å². The Balaban J connectivity index is 1.42. The van der Waals surface area contributed by atoms with E-state index in [9.17, 15) is 4.79 Å². The van der Waals surface area contributed by atoms with Crippen LogP contribution in [0.3, 0.4) is 0 Å². The number of benzene rings is 3. The molecular weight excluding hydrogens is 422 g/mol. The van der Waals surface area contributed by atoms with Gasteiger partial charge in [-0.2, -0.15) is 0 Å². The maximum absolute atomic E-state index is 13.2. The second-order valence-corrected chi connectivity index (χ2v) is 9.42.